The number of allylic oxidation sites excluding steroid dienone is 3. The van der Waals surface area contributed by atoms with Crippen LogP contribution in [0.25, 0.3) is 0 Å². The Morgan fingerprint density at radius 3 is 2.66 bits per heavy atom. The van der Waals surface area contributed by atoms with E-state index >= 15 is 0 Å². The number of phenols is 1. The van der Waals surface area contributed by atoms with Gasteiger partial charge in [0.25, 0.3) is 0 Å². The topological polar surface area (TPSA) is 84.2 Å². The van der Waals surface area contributed by atoms with Crippen LogP contribution in [0, 0.1) is 6.92 Å². The zero-order chi connectivity index (χ0) is 20.4. The molecule has 0 atom stereocenters. The van der Waals surface area contributed by atoms with Crippen LogP contribution in [-0.2, 0) is 22.6 Å². The van der Waals surface area contributed by atoms with E-state index in [4.69, 9.17) is 0 Å². The number of amides is 1. The minimum absolute atomic E-state index is 0.0247. The fraction of sp³-hybridized carbons (Fsp3) is 0.348. The van der Waals surface area contributed by atoms with Crippen LogP contribution in [0.4, 0.5) is 0 Å². The highest BCUT2D eigenvalue weighted by atomic mass is 16.3. The maximum atomic E-state index is 13.2. The maximum absolute atomic E-state index is 13.2. The average molecular weight is 391 g/mol. The van der Waals surface area contributed by atoms with E-state index in [1.54, 1.807) is 41.2 Å². The molecule has 2 aliphatic rings. The highest BCUT2D eigenvalue weighted by molar-refractivity contribution is 6.03. The summed E-state index contributed by atoms with van der Waals surface area (Å²) in [6.45, 7) is 2.04. The molecule has 1 aromatic carbocycles. The first-order valence-corrected chi connectivity index (χ1v) is 10.0. The summed E-state index contributed by atoms with van der Waals surface area (Å²) >= 11 is 0. The van der Waals surface area contributed by atoms with Gasteiger partial charge in [-0.05, 0) is 55.9 Å². The molecule has 4 rings (SSSR count). The molecule has 2 aromatic rings. The number of aryl methyl sites for hydroxylation is 1. The van der Waals surface area contributed by atoms with Crippen molar-refractivity contribution in [1.29, 1.82) is 0 Å². The zero-order valence-corrected chi connectivity index (χ0v) is 16.6. The fourth-order valence-corrected chi connectivity index (χ4v) is 4.21. The molecular weight excluding hydrogens is 366 g/mol. The third-order valence-corrected chi connectivity index (χ3v) is 5.68. The molecule has 0 saturated carbocycles. The zero-order valence-electron chi connectivity index (χ0n) is 16.6. The summed E-state index contributed by atoms with van der Waals surface area (Å²) in [5.74, 6) is 0.843. The molecule has 2 aliphatic carbocycles. The van der Waals surface area contributed by atoms with Crippen molar-refractivity contribution in [3.05, 3.63) is 70.5 Å². The van der Waals surface area contributed by atoms with Crippen LogP contribution in [0.15, 0.2) is 59.1 Å². The van der Waals surface area contributed by atoms with Gasteiger partial charge >= 0.3 is 0 Å². The molecule has 0 fully saturated rings. The molecule has 0 saturated heterocycles. The van der Waals surface area contributed by atoms with Gasteiger partial charge in [0.2, 0.25) is 5.91 Å². The Morgan fingerprint density at radius 1 is 1.17 bits per heavy atom. The Hall–Kier alpha value is -3.15. The van der Waals surface area contributed by atoms with Crippen LogP contribution < -0.4 is 5.32 Å². The Morgan fingerprint density at radius 2 is 1.93 bits per heavy atom. The summed E-state index contributed by atoms with van der Waals surface area (Å²) in [4.78, 5) is 30.0. The number of aromatic hydroxyl groups is 1. The van der Waals surface area contributed by atoms with Gasteiger partial charge in [-0.15, -0.1) is 0 Å². The highest BCUT2D eigenvalue weighted by Gasteiger charge is 2.31. The summed E-state index contributed by atoms with van der Waals surface area (Å²) in [7, 11) is 0. The molecule has 0 bridgehead atoms. The number of hydrogen-bond acceptors (Lipinski definition) is 4. The summed E-state index contributed by atoms with van der Waals surface area (Å²) in [6, 6.07) is 6.71. The number of imidazole rings is 1. The van der Waals surface area contributed by atoms with Crippen LogP contribution in [0.1, 0.15) is 43.5 Å². The van der Waals surface area contributed by atoms with E-state index in [2.05, 4.69) is 10.3 Å². The Labute approximate surface area is 170 Å². The molecule has 6 nitrogen and oxygen atoms in total. The predicted molar refractivity (Wildman–Crippen MR) is 109 cm³/mol. The van der Waals surface area contributed by atoms with E-state index in [0.29, 0.717) is 12.0 Å². The number of rotatable bonds is 6. The molecule has 1 aromatic heterocycles. The lowest BCUT2D eigenvalue weighted by Gasteiger charge is -2.16. The fourth-order valence-electron chi connectivity index (χ4n) is 4.21. The number of nitrogens with zero attached hydrogens (tertiary/aromatic N) is 2. The molecule has 2 N–H and O–H groups in total. The second-order valence-corrected chi connectivity index (χ2v) is 7.74. The van der Waals surface area contributed by atoms with Gasteiger partial charge < -0.3 is 15.0 Å². The minimum Gasteiger partial charge on any atom is -0.508 e. The van der Waals surface area contributed by atoms with E-state index in [1.165, 1.54) is 5.57 Å². The van der Waals surface area contributed by atoms with Gasteiger partial charge in [0.15, 0.2) is 5.78 Å². The van der Waals surface area contributed by atoms with Crippen molar-refractivity contribution in [3.8, 4) is 5.75 Å². The first kappa shape index (κ1) is 19.2. The molecule has 150 valence electrons. The SMILES string of the molecule is Cc1nccn1CC(=O)NC1=C(C(=O)Cc2ccc(O)cc2)C2=C(CCCC2)C1. The second-order valence-electron chi connectivity index (χ2n) is 7.74. The van der Waals surface area contributed by atoms with Gasteiger partial charge in [-0.1, -0.05) is 17.7 Å². The van der Waals surface area contributed by atoms with E-state index in [-0.39, 0.29) is 30.4 Å². The largest absolute Gasteiger partial charge is 0.508 e. The number of nitrogens with one attached hydrogen (secondary N) is 1. The van der Waals surface area contributed by atoms with Gasteiger partial charge in [0, 0.05) is 36.5 Å². The third-order valence-electron chi connectivity index (χ3n) is 5.68. The predicted octanol–water partition coefficient (Wildman–Crippen LogP) is 3.35. The van der Waals surface area contributed by atoms with Crippen molar-refractivity contribution in [2.75, 3.05) is 0 Å². The van der Waals surface area contributed by atoms with Crippen LogP contribution in [-0.4, -0.2) is 26.3 Å². The van der Waals surface area contributed by atoms with Crippen LogP contribution in [0.5, 0.6) is 5.75 Å². The van der Waals surface area contributed by atoms with Crippen molar-refractivity contribution in [1.82, 2.24) is 14.9 Å². The number of phenolic OH excluding ortho intramolecular Hbond substituents is 1. The van der Waals surface area contributed by atoms with Crippen molar-refractivity contribution in [2.45, 2.75) is 52.0 Å². The normalized spacial score (nSPS) is 16.2. The molecule has 0 spiro atoms. The van der Waals surface area contributed by atoms with Crippen molar-refractivity contribution >= 4 is 11.7 Å². The number of carbonyl (C=O) groups excluding carboxylic acids is 2. The number of carbonyl (C=O) groups is 2. The molecule has 6 heteroatoms. The average Bonchev–Trinajstić information content (AvgIpc) is 3.26. The molecule has 1 amide bonds. The lowest BCUT2D eigenvalue weighted by Crippen LogP contribution is -2.28. The smallest absolute Gasteiger partial charge is 0.244 e. The molecule has 0 aliphatic heterocycles. The second kappa shape index (κ2) is 8.07. The van der Waals surface area contributed by atoms with Crippen molar-refractivity contribution < 1.29 is 14.7 Å². The minimum atomic E-state index is -0.143. The quantitative estimate of drug-likeness (QED) is 0.791. The monoisotopic (exact) mass is 391 g/mol. The number of hydrogen-bond donors (Lipinski definition) is 2. The Kier molecular flexibility index (Phi) is 5.34. The Bertz CT molecular complexity index is 1010. The molecule has 1 heterocycles. The van der Waals surface area contributed by atoms with E-state index < -0.39 is 0 Å². The summed E-state index contributed by atoms with van der Waals surface area (Å²) in [5.41, 5.74) is 4.71. The number of ketones is 1. The summed E-state index contributed by atoms with van der Waals surface area (Å²) < 4.78 is 1.79. The first-order chi connectivity index (χ1) is 14.0. The van der Waals surface area contributed by atoms with Gasteiger partial charge in [-0.2, -0.15) is 0 Å². The van der Waals surface area contributed by atoms with Crippen molar-refractivity contribution in [2.24, 2.45) is 0 Å². The number of aromatic nitrogens is 2. The van der Waals surface area contributed by atoms with Gasteiger partial charge in [-0.3, -0.25) is 9.59 Å². The molecular formula is C23H25N3O3. The van der Waals surface area contributed by atoms with Crippen molar-refractivity contribution in [3.63, 3.8) is 0 Å². The van der Waals surface area contributed by atoms with Crippen LogP contribution >= 0.6 is 0 Å². The first-order valence-electron chi connectivity index (χ1n) is 10.0. The lowest BCUT2D eigenvalue weighted by atomic mass is 9.88. The van der Waals surface area contributed by atoms with Gasteiger partial charge in [-0.25, -0.2) is 4.98 Å². The van der Waals surface area contributed by atoms with Gasteiger partial charge in [0.1, 0.15) is 18.1 Å². The third kappa shape index (κ3) is 4.16. The molecule has 0 radical (unpaired) electrons. The highest BCUT2D eigenvalue weighted by Crippen LogP contribution is 2.40. The van der Waals surface area contributed by atoms with E-state index in [0.717, 1.165) is 48.3 Å². The summed E-state index contributed by atoms with van der Waals surface area (Å²) in [5, 5.41) is 12.5. The summed E-state index contributed by atoms with van der Waals surface area (Å²) in [6.07, 6.45) is 8.45. The lowest BCUT2D eigenvalue weighted by molar-refractivity contribution is -0.121. The molecule has 29 heavy (non-hydrogen) atoms. The molecule has 0 unspecified atom stereocenters. The van der Waals surface area contributed by atoms with Gasteiger partial charge in [0.05, 0.1) is 0 Å². The Balaban J connectivity index is 1.56. The maximum Gasteiger partial charge on any atom is 0.244 e. The number of Topliss-reactive ketones (excluding diaryl/α,β-unsaturated/α-hetero) is 1. The van der Waals surface area contributed by atoms with Crippen LogP contribution in [0.2, 0.25) is 0 Å². The van der Waals surface area contributed by atoms with E-state index in [9.17, 15) is 14.7 Å². The van der Waals surface area contributed by atoms with E-state index in [1.807, 2.05) is 6.92 Å². The number of benzene rings is 1. The van der Waals surface area contributed by atoms with Crippen LogP contribution in [0.3, 0.4) is 0 Å². The standard InChI is InChI=1S/C23H25N3O3/c1-15-24-10-11-26(15)14-22(29)25-20-13-17-4-2-3-5-19(17)23(20)21(28)12-16-6-8-18(27)9-7-16/h6-11,27H,2-5,12-14H2,1H3,(H,25,29).